The first-order valence-electron chi connectivity index (χ1n) is 9.74. The average molecular weight is 380 g/mol. The summed E-state index contributed by atoms with van der Waals surface area (Å²) in [7, 11) is 0. The van der Waals surface area contributed by atoms with E-state index in [1.807, 2.05) is 23.1 Å². The second-order valence-electron chi connectivity index (χ2n) is 7.69. The van der Waals surface area contributed by atoms with Crippen LogP contribution in [0.1, 0.15) is 39.5 Å². The van der Waals surface area contributed by atoms with Crippen LogP contribution in [0.4, 0.5) is 16.2 Å². The predicted octanol–water partition coefficient (Wildman–Crippen LogP) is 4.61. The van der Waals surface area contributed by atoms with Gasteiger partial charge in [-0.15, -0.1) is 0 Å². The Hall–Kier alpha value is -1.46. The first-order valence-corrected chi connectivity index (χ1v) is 10.1. The van der Waals surface area contributed by atoms with E-state index in [0.717, 1.165) is 30.9 Å². The van der Waals surface area contributed by atoms with Gasteiger partial charge in [0.25, 0.3) is 0 Å². The summed E-state index contributed by atoms with van der Waals surface area (Å²) in [5.41, 5.74) is 1.87. The topological polar surface area (TPSA) is 44.8 Å². The summed E-state index contributed by atoms with van der Waals surface area (Å²) in [5, 5.41) is 3.77. The van der Waals surface area contributed by atoms with Gasteiger partial charge in [0.2, 0.25) is 0 Å². The van der Waals surface area contributed by atoms with E-state index in [4.69, 9.17) is 16.3 Å². The first-order chi connectivity index (χ1) is 12.5. The SMILES string of the molecule is CC(C)CC1COCCN1C(=O)Nc1cc(Cl)ccc1N1CCCCC1. The number of carbonyl (C=O) groups excluding carboxylic acids is 1. The van der Waals surface area contributed by atoms with E-state index < -0.39 is 0 Å². The number of nitrogens with one attached hydrogen (secondary N) is 1. The highest BCUT2D eigenvalue weighted by atomic mass is 35.5. The third kappa shape index (κ3) is 4.83. The number of hydrogen-bond acceptors (Lipinski definition) is 3. The van der Waals surface area contributed by atoms with E-state index in [0.29, 0.717) is 30.7 Å². The maximum atomic E-state index is 13.0. The van der Waals surface area contributed by atoms with Crippen LogP contribution in [0, 0.1) is 5.92 Å². The molecule has 5 nitrogen and oxygen atoms in total. The van der Waals surface area contributed by atoms with Gasteiger partial charge in [0.1, 0.15) is 0 Å². The van der Waals surface area contributed by atoms with Gasteiger partial charge in [-0.3, -0.25) is 0 Å². The summed E-state index contributed by atoms with van der Waals surface area (Å²) >= 11 is 6.22. The van der Waals surface area contributed by atoms with Crippen LogP contribution < -0.4 is 10.2 Å². The number of piperidine rings is 1. The van der Waals surface area contributed by atoms with Gasteiger partial charge in [0.05, 0.1) is 30.6 Å². The van der Waals surface area contributed by atoms with Crippen LogP contribution in [0.3, 0.4) is 0 Å². The molecule has 2 heterocycles. The lowest BCUT2D eigenvalue weighted by molar-refractivity contribution is 0.00857. The van der Waals surface area contributed by atoms with Gasteiger partial charge in [-0.25, -0.2) is 4.79 Å². The quantitative estimate of drug-likeness (QED) is 0.830. The summed E-state index contributed by atoms with van der Waals surface area (Å²) in [6.07, 6.45) is 4.60. The number of morpholine rings is 1. The Morgan fingerprint density at radius 2 is 2.04 bits per heavy atom. The number of amides is 2. The lowest BCUT2D eigenvalue weighted by Gasteiger charge is -2.37. The number of hydrogen-bond donors (Lipinski definition) is 1. The molecule has 144 valence electrons. The van der Waals surface area contributed by atoms with Crippen molar-refractivity contribution in [2.75, 3.05) is 43.1 Å². The molecule has 6 heteroatoms. The highest BCUT2D eigenvalue weighted by molar-refractivity contribution is 6.31. The van der Waals surface area contributed by atoms with Crippen molar-refractivity contribution >= 4 is 29.0 Å². The summed E-state index contributed by atoms with van der Waals surface area (Å²) in [6.45, 7) is 8.24. The largest absolute Gasteiger partial charge is 0.377 e. The highest BCUT2D eigenvalue weighted by Crippen LogP contribution is 2.32. The van der Waals surface area contributed by atoms with Crippen LogP contribution in [0.25, 0.3) is 0 Å². The Labute approximate surface area is 161 Å². The molecular formula is C20H30ClN3O2. The number of anilines is 2. The molecule has 0 saturated carbocycles. The normalized spacial score (nSPS) is 21.2. The zero-order chi connectivity index (χ0) is 18.5. The van der Waals surface area contributed by atoms with Crippen LogP contribution in [-0.4, -0.2) is 49.8 Å². The molecule has 0 bridgehead atoms. The van der Waals surface area contributed by atoms with Crippen molar-refractivity contribution in [3.63, 3.8) is 0 Å². The van der Waals surface area contributed by atoms with Gasteiger partial charge in [-0.05, 0) is 49.8 Å². The molecule has 1 aromatic rings. The molecule has 1 atom stereocenters. The molecule has 2 aliphatic heterocycles. The summed E-state index contributed by atoms with van der Waals surface area (Å²) in [6, 6.07) is 5.85. The molecule has 26 heavy (non-hydrogen) atoms. The van der Waals surface area contributed by atoms with Crippen molar-refractivity contribution in [3.05, 3.63) is 23.2 Å². The number of carbonyl (C=O) groups is 1. The molecule has 2 aliphatic rings. The lowest BCUT2D eigenvalue weighted by Crippen LogP contribution is -2.50. The molecule has 2 saturated heterocycles. The molecule has 1 unspecified atom stereocenters. The Morgan fingerprint density at radius 1 is 1.27 bits per heavy atom. The third-order valence-corrected chi connectivity index (χ3v) is 5.36. The van der Waals surface area contributed by atoms with Crippen LogP contribution in [0.15, 0.2) is 18.2 Å². The summed E-state index contributed by atoms with van der Waals surface area (Å²) in [5.74, 6) is 0.520. The molecule has 3 rings (SSSR count). The van der Waals surface area contributed by atoms with Crippen molar-refractivity contribution in [1.82, 2.24) is 4.90 Å². The maximum absolute atomic E-state index is 13.0. The van der Waals surface area contributed by atoms with Crippen molar-refractivity contribution in [2.24, 2.45) is 5.92 Å². The molecule has 0 radical (unpaired) electrons. The zero-order valence-corrected chi connectivity index (χ0v) is 16.6. The van der Waals surface area contributed by atoms with Gasteiger partial charge in [0, 0.05) is 24.7 Å². The Bertz CT molecular complexity index is 617. The standard InChI is InChI=1S/C20H30ClN3O2/c1-15(2)12-17-14-26-11-10-24(17)20(25)22-18-13-16(21)6-7-19(18)23-8-4-3-5-9-23/h6-7,13,15,17H,3-5,8-12,14H2,1-2H3,(H,22,25). The van der Waals surface area contributed by atoms with Crippen molar-refractivity contribution in [3.8, 4) is 0 Å². The van der Waals surface area contributed by atoms with Crippen molar-refractivity contribution in [2.45, 2.75) is 45.6 Å². The Kier molecular flexibility index (Phi) is 6.65. The highest BCUT2D eigenvalue weighted by Gasteiger charge is 2.28. The van der Waals surface area contributed by atoms with E-state index in [9.17, 15) is 4.79 Å². The number of halogens is 1. The fraction of sp³-hybridized carbons (Fsp3) is 0.650. The average Bonchev–Trinajstić information content (AvgIpc) is 2.62. The van der Waals surface area contributed by atoms with E-state index in [1.165, 1.54) is 19.3 Å². The van der Waals surface area contributed by atoms with Gasteiger partial charge in [0.15, 0.2) is 0 Å². The van der Waals surface area contributed by atoms with Gasteiger partial charge < -0.3 is 19.9 Å². The van der Waals surface area contributed by atoms with Gasteiger partial charge in [-0.1, -0.05) is 25.4 Å². The third-order valence-electron chi connectivity index (χ3n) is 5.13. The van der Waals surface area contributed by atoms with E-state index in [1.54, 1.807) is 0 Å². The number of ether oxygens (including phenoxy) is 1. The fourth-order valence-corrected chi connectivity index (χ4v) is 4.04. The van der Waals surface area contributed by atoms with Crippen LogP contribution in [0.5, 0.6) is 0 Å². The van der Waals surface area contributed by atoms with Crippen molar-refractivity contribution < 1.29 is 9.53 Å². The number of rotatable bonds is 4. The van der Waals surface area contributed by atoms with Crippen LogP contribution in [-0.2, 0) is 4.74 Å². The van der Waals surface area contributed by atoms with Crippen LogP contribution in [0.2, 0.25) is 5.02 Å². The van der Waals surface area contributed by atoms with Gasteiger partial charge in [-0.2, -0.15) is 0 Å². The minimum atomic E-state index is -0.0560. The van der Waals surface area contributed by atoms with Crippen LogP contribution >= 0.6 is 11.6 Å². The second-order valence-corrected chi connectivity index (χ2v) is 8.13. The minimum Gasteiger partial charge on any atom is -0.377 e. The minimum absolute atomic E-state index is 0.0560. The van der Waals surface area contributed by atoms with E-state index >= 15 is 0 Å². The molecule has 0 spiro atoms. The molecule has 0 aliphatic carbocycles. The molecule has 2 amide bonds. The maximum Gasteiger partial charge on any atom is 0.322 e. The number of benzene rings is 1. The molecule has 2 fully saturated rings. The molecule has 1 N–H and O–H groups in total. The van der Waals surface area contributed by atoms with Gasteiger partial charge >= 0.3 is 6.03 Å². The summed E-state index contributed by atoms with van der Waals surface area (Å²) < 4.78 is 5.60. The monoisotopic (exact) mass is 379 g/mol. The smallest absolute Gasteiger partial charge is 0.322 e. The molecule has 1 aromatic carbocycles. The van der Waals surface area contributed by atoms with E-state index in [2.05, 4.69) is 24.1 Å². The number of nitrogens with zero attached hydrogens (tertiary/aromatic N) is 2. The predicted molar refractivity (Wildman–Crippen MR) is 107 cm³/mol. The first kappa shape index (κ1) is 19.3. The lowest BCUT2D eigenvalue weighted by atomic mass is 10.0. The summed E-state index contributed by atoms with van der Waals surface area (Å²) in [4.78, 5) is 17.3. The van der Waals surface area contributed by atoms with Crippen molar-refractivity contribution in [1.29, 1.82) is 0 Å². The van der Waals surface area contributed by atoms with E-state index in [-0.39, 0.29) is 12.1 Å². The zero-order valence-electron chi connectivity index (χ0n) is 15.8. The Balaban J connectivity index is 1.76. The second kappa shape index (κ2) is 8.96. The molecule has 0 aromatic heterocycles. The molecular weight excluding hydrogens is 350 g/mol. The number of urea groups is 1. The Morgan fingerprint density at radius 3 is 2.77 bits per heavy atom. The fourth-order valence-electron chi connectivity index (χ4n) is 3.87.